The fourth-order valence-corrected chi connectivity index (χ4v) is 3.18. The Labute approximate surface area is 170 Å². The van der Waals surface area contributed by atoms with Crippen molar-refractivity contribution < 1.29 is 4.79 Å². The van der Waals surface area contributed by atoms with Gasteiger partial charge in [-0.15, -0.1) is 0 Å². The summed E-state index contributed by atoms with van der Waals surface area (Å²) in [4.78, 5) is 31.7. The lowest BCUT2D eigenvalue weighted by Gasteiger charge is -2.24. The Kier molecular flexibility index (Phi) is 7.00. The van der Waals surface area contributed by atoms with E-state index < -0.39 is 0 Å². The minimum atomic E-state index is -0.137. The van der Waals surface area contributed by atoms with Gasteiger partial charge in [-0.2, -0.15) is 0 Å². The van der Waals surface area contributed by atoms with Crippen molar-refractivity contribution in [1.82, 2.24) is 15.3 Å². The molecule has 0 aliphatic heterocycles. The highest BCUT2D eigenvalue weighted by molar-refractivity contribution is 5.77. The van der Waals surface area contributed by atoms with E-state index in [1.165, 1.54) is 0 Å². The molecule has 0 spiro atoms. The molecule has 0 radical (unpaired) electrons. The van der Waals surface area contributed by atoms with Crippen LogP contribution < -0.4 is 16.2 Å². The number of H-pyrrole nitrogens is 1. The maximum Gasteiger partial charge on any atom is 0.258 e. The summed E-state index contributed by atoms with van der Waals surface area (Å²) in [5, 5.41) is 7.08. The Hall–Kier alpha value is -3.15. The molecule has 0 aliphatic carbocycles. The molecule has 1 amide bonds. The molecule has 3 rings (SSSR count). The van der Waals surface area contributed by atoms with Crippen molar-refractivity contribution in [3.8, 4) is 0 Å². The lowest BCUT2D eigenvalue weighted by Crippen LogP contribution is -2.39. The number of hydrogen-bond donors (Lipinski definition) is 3. The van der Waals surface area contributed by atoms with Gasteiger partial charge in [0.15, 0.2) is 0 Å². The van der Waals surface area contributed by atoms with Crippen LogP contribution in [0.5, 0.6) is 0 Å². The van der Waals surface area contributed by atoms with Gasteiger partial charge in [-0.1, -0.05) is 44.2 Å². The van der Waals surface area contributed by atoms with Gasteiger partial charge in [0.2, 0.25) is 5.91 Å². The molecule has 6 nitrogen and oxygen atoms in total. The molecule has 3 aromatic rings. The number of carbonyl (C=O) groups excluding carboxylic acids is 1. The van der Waals surface area contributed by atoms with Crippen LogP contribution in [-0.2, 0) is 11.2 Å². The number of nitrogens with zero attached hydrogens (tertiary/aromatic N) is 1. The number of amides is 1. The third kappa shape index (κ3) is 5.91. The molecular weight excluding hydrogens is 364 g/mol. The second-order valence-corrected chi connectivity index (χ2v) is 7.55. The molecule has 1 atom stereocenters. The van der Waals surface area contributed by atoms with Crippen LogP contribution in [0, 0.1) is 5.92 Å². The Morgan fingerprint density at radius 2 is 1.79 bits per heavy atom. The number of benzene rings is 2. The summed E-state index contributed by atoms with van der Waals surface area (Å²) in [5.41, 5.74) is 1.59. The molecule has 152 valence electrons. The Balaban J connectivity index is 1.47. The largest absolute Gasteiger partial charge is 0.380 e. The van der Waals surface area contributed by atoms with E-state index in [0.717, 1.165) is 5.69 Å². The van der Waals surface area contributed by atoms with Crippen molar-refractivity contribution in [3.63, 3.8) is 0 Å². The van der Waals surface area contributed by atoms with E-state index in [-0.39, 0.29) is 17.5 Å². The van der Waals surface area contributed by atoms with Crippen molar-refractivity contribution in [2.45, 2.75) is 39.2 Å². The SMILES string of the molecule is CC(C)C(CNC(=O)CCCc1nc2ccccc2c(=O)[nH]1)Nc1ccccc1. The van der Waals surface area contributed by atoms with E-state index in [4.69, 9.17) is 0 Å². The molecule has 2 aromatic carbocycles. The smallest absolute Gasteiger partial charge is 0.258 e. The molecule has 29 heavy (non-hydrogen) atoms. The number of para-hydroxylation sites is 2. The molecule has 3 N–H and O–H groups in total. The van der Waals surface area contributed by atoms with Crippen molar-refractivity contribution in [2.24, 2.45) is 5.92 Å². The Morgan fingerprint density at radius 1 is 1.07 bits per heavy atom. The first-order chi connectivity index (χ1) is 14.0. The predicted octanol–water partition coefficient (Wildman–Crippen LogP) is 3.50. The normalized spacial score (nSPS) is 12.1. The molecule has 6 heteroatoms. The molecule has 0 bridgehead atoms. The summed E-state index contributed by atoms with van der Waals surface area (Å²) in [6, 6.07) is 17.4. The number of hydrogen-bond acceptors (Lipinski definition) is 4. The third-order valence-corrected chi connectivity index (χ3v) is 4.93. The van der Waals surface area contributed by atoms with Crippen LogP contribution in [0.2, 0.25) is 0 Å². The predicted molar refractivity (Wildman–Crippen MR) is 117 cm³/mol. The van der Waals surface area contributed by atoms with Crippen molar-refractivity contribution >= 4 is 22.5 Å². The molecule has 0 aliphatic rings. The zero-order valence-electron chi connectivity index (χ0n) is 16.9. The first-order valence-corrected chi connectivity index (χ1v) is 10.1. The van der Waals surface area contributed by atoms with E-state index in [1.54, 1.807) is 6.07 Å². The fourth-order valence-electron chi connectivity index (χ4n) is 3.18. The van der Waals surface area contributed by atoms with E-state index in [9.17, 15) is 9.59 Å². The van der Waals surface area contributed by atoms with Crippen molar-refractivity contribution in [2.75, 3.05) is 11.9 Å². The number of nitrogens with one attached hydrogen (secondary N) is 3. The fraction of sp³-hybridized carbons (Fsp3) is 0.348. The van der Waals surface area contributed by atoms with Gasteiger partial charge in [0.25, 0.3) is 5.56 Å². The lowest BCUT2D eigenvalue weighted by atomic mass is 10.0. The first-order valence-electron chi connectivity index (χ1n) is 10.1. The topological polar surface area (TPSA) is 86.9 Å². The number of anilines is 1. The lowest BCUT2D eigenvalue weighted by molar-refractivity contribution is -0.121. The van der Waals surface area contributed by atoms with Crippen LogP contribution in [0.15, 0.2) is 59.4 Å². The number of aromatic amines is 1. The molecular formula is C23H28N4O2. The summed E-state index contributed by atoms with van der Waals surface area (Å²) >= 11 is 0. The Bertz CT molecular complexity index is 998. The minimum Gasteiger partial charge on any atom is -0.380 e. The summed E-state index contributed by atoms with van der Waals surface area (Å²) in [5.74, 6) is 1.00. The van der Waals surface area contributed by atoms with Gasteiger partial charge in [-0.05, 0) is 36.6 Å². The van der Waals surface area contributed by atoms with E-state index in [1.807, 2.05) is 48.5 Å². The van der Waals surface area contributed by atoms with Gasteiger partial charge in [0.05, 0.1) is 10.9 Å². The van der Waals surface area contributed by atoms with E-state index in [2.05, 4.69) is 34.4 Å². The quantitative estimate of drug-likeness (QED) is 0.520. The van der Waals surface area contributed by atoms with Gasteiger partial charge in [-0.3, -0.25) is 9.59 Å². The standard InChI is InChI=1S/C23H28N4O2/c1-16(2)20(25-17-9-4-3-5-10-17)15-24-22(28)14-8-13-21-26-19-12-7-6-11-18(19)23(29)27-21/h3-7,9-12,16,20,25H,8,13-15H2,1-2H3,(H,24,28)(H,26,27,29). The third-order valence-electron chi connectivity index (χ3n) is 4.93. The average Bonchev–Trinajstić information content (AvgIpc) is 2.72. The summed E-state index contributed by atoms with van der Waals surface area (Å²) < 4.78 is 0. The first kappa shape index (κ1) is 20.6. The van der Waals surface area contributed by atoms with Crippen molar-refractivity contribution in [3.05, 3.63) is 70.8 Å². The Morgan fingerprint density at radius 3 is 2.55 bits per heavy atom. The van der Waals surface area contributed by atoms with Crippen molar-refractivity contribution in [1.29, 1.82) is 0 Å². The summed E-state index contributed by atoms with van der Waals surface area (Å²) in [6.07, 6.45) is 1.58. The molecule has 1 aromatic heterocycles. The highest BCUT2D eigenvalue weighted by atomic mass is 16.1. The van der Waals surface area contributed by atoms with Crippen LogP contribution in [0.3, 0.4) is 0 Å². The van der Waals surface area contributed by atoms with Crippen LogP contribution in [0.25, 0.3) is 10.9 Å². The van der Waals surface area contributed by atoms with Gasteiger partial charge in [-0.25, -0.2) is 4.98 Å². The number of rotatable bonds is 9. The minimum absolute atomic E-state index is 0.00801. The number of fused-ring (bicyclic) bond motifs is 1. The molecule has 0 fully saturated rings. The van der Waals surface area contributed by atoms with Gasteiger partial charge >= 0.3 is 0 Å². The average molecular weight is 393 g/mol. The number of aromatic nitrogens is 2. The van der Waals surface area contributed by atoms with Crippen LogP contribution in [0.1, 0.15) is 32.5 Å². The zero-order chi connectivity index (χ0) is 20.6. The second kappa shape index (κ2) is 9.87. The maximum absolute atomic E-state index is 12.3. The van der Waals surface area contributed by atoms with Crippen LogP contribution >= 0.6 is 0 Å². The number of carbonyl (C=O) groups is 1. The van der Waals surface area contributed by atoms with Gasteiger partial charge < -0.3 is 15.6 Å². The summed E-state index contributed by atoms with van der Waals surface area (Å²) in [7, 11) is 0. The zero-order valence-corrected chi connectivity index (χ0v) is 16.9. The molecule has 0 saturated heterocycles. The highest BCUT2D eigenvalue weighted by Gasteiger charge is 2.14. The van der Waals surface area contributed by atoms with E-state index in [0.29, 0.717) is 48.5 Å². The molecule has 1 heterocycles. The van der Waals surface area contributed by atoms with E-state index >= 15 is 0 Å². The van der Waals surface area contributed by atoms with Crippen LogP contribution in [-0.4, -0.2) is 28.5 Å². The number of aryl methyl sites for hydroxylation is 1. The highest BCUT2D eigenvalue weighted by Crippen LogP contribution is 2.12. The monoisotopic (exact) mass is 392 g/mol. The van der Waals surface area contributed by atoms with Gasteiger partial charge in [0, 0.05) is 31.1 Å². The molecule has 0 saturated carbocycles. The maximum atomic E-state index is 12.3. The molecule has 1 unspecified atom stereocenters. The second-order valence-electron chi connectivity index (χ2n) is 7.55. The van der Waals surface area contributed by atoms with Crippen LogP contribution in [0.4, 0.5) is 5.69 Å². The van der Waals surface area contributed by atoms with Gasteiger partial charge in [0.1, 0.15) is 5.82 Å². The summed E-state index contributed by atoms with van der Waals surface area (Å²) in [6.45, 7) is 4.83.